The number of benzene rings is 2. The summed E-state index contributed by atoms with van der Waals surface area (Å²) in [5.74, 6) is 0.760. The molecule has 0 bridgehead atoms. The lowest BCUT2D eigenvalue weighted by Crippen LogP contribution is -2.35. The Balaban J connectivity index is 1.77. The average molecular weight is 390 g/mol. The summed E-state index contributed by atoms with van der Waals surface area (Å²) in [4.78, 5) is 12.7. The van der Waals surface area contributed by atoms with Crippen molar-refractivity contribution in [1.82, 2.24) is 0 Å². The van der Waals surface area contributed by atoms with Crippen LogP contribution in [0.1, 0.15) is 13.3 Å². The number of hydrogen-bond acceptors (Lipinski definition) is 5. The van der Waals surface area contributed by atoms with E-state index < -0.39 is 16.1 Å². The van der Waals surface area contributed by atoms with Crippen molar-refractivity contribution < 1.29 is 22.7 Å². The van der Waals surface area contributed by atoms with Gasteiger partial charge in [0.15, 0.2) is 6.10 Å². The number of rotatable bonds is 5. The number of fused-ring (bicyclic) bond motifs is 1. The third kappa shape index (κ3) is 4.51. The maximum absolute atomic E-state index is 12.7. The Morgan fingerprint density at radius 1 is 1.22 bits per heavy atom. The van der Waals surface area contributed by atoms with Crippen LogP contribution in [0.5, 0.6) is 11.5 Å². The van der Waals surface area contributed by atoms with E-state index in [1.807, 2.05) is 6.92 Å². The van der Waals surface area contributed by atoms with Gasteiger partial charge in [0.1, 0.15) is 11.5 Å². The van der Waals surface area contributed by atoms with E-state index in [1.54, 1.807) is 48.5 Å². The first-order valence-electron chi connectivity index (χ1n) is 8.65. The number of hydrogen-bond donors (Lipinski definition) is 1. The summed E-state index contributed by atoms with van der Waals surface area (Å²) >= 11 is 0. The smallest absolute Gasteiger partial charge is 0.265 e. The number of carbonyl (C=O) groups is 1. The Morgan fingerprint density at radius 3 is 2.59 bits per heavy atom. The van der Waals surface area contributed by atoms with Crippen LogP contribution >= 0.6 is 0 Å². The van der Waals surface area contributed by atoms with Crippen molar-refractivity contribution in [3.63, 3.8) is 0 Å². The average Bonchev–Trinajstić information content (AvgIpc) is 2.83. The predicted molar refractivity (Wildman–Crippen MR) is 104 cm³/mol. The summed E-state index contributed by atoms with van der Waals surface area (Å²) in [7, 11) is -3.47. The van der Waals surface area contributed by atoms with E-state index in [0.717, 1.165) is 12.0 Å². The zero-order chi connectivity index (χ0) is 19.4. The maximum atomic E-state index is 12.7. The summed E-state index contributed by atoms with van der Waals surface area (Å²) in [5.41, 5.74) is 1.06. The van der Waals surface area contributed by atoms with E-state index >= 15 is 0 Å². The topological polar surface area (TPSA) is 84.9 Å². The molecule has 8 heteroatoms. The molecule has 1 aliphatic rings. The molecule has 0 saturated heterocycles. The van der Waals surface area contributed by atoms with E-state index in [-0.39, 0.29) is 18.9 Å². The molecule has 2 aromatic carbocycles. The van der Waals surface area contributed by atoms with Gasteiger partial charge in [0, 0.05) is 18.7 Å². The predicted octanol–water partition coefficient (Wildman–Crippen LogP) is 2.64. The Morgan fingerprint density at radius 2 is 1.93 bits per heavy atom. The van der Waals surface area contributed by atoms with E-state index in [1.165, 1.54) is 4.31 Å². The summed E-state index contributed by atoms with van der Waals surface area (Å²) in [6, 6.07) is 13.8. The number of carbonyl (C=O) groups excluding carboxylic acids is 1. The number of nitrogens with one attached hydrogen (secondary N) is 1. The molecular weight excluding hydrogens is 368 g/mol. The normalized spacial score (nSPS) is 16.7. The molecule has 1 atom stereocenters. The van der Waals surface area contributed by atoms with Crippen molar-refractivity contribution in [2.24, 2.45) is 0 Å². The van der Waals surface area contributed by atoms with Gasteiger partial charge in [-0.2, -0.15) is 0 Å². The summed E-state index contributed by atoms with van der Waals surface area (Å²) in [6.07, 6.45) is 0.582. The van der Waals surface area contributed by atoms with Gasteiger partial charge in [-0.05, 0) is 43.3 Å². The van der Waals surface area contributed by atoms with E-state index in [9.17, 15) is 13.2 Å². The quantitative estimate of drug-likeness (QED) is 0.848. The molecule has 1 amide bonds. The van der Waals surface area contributed by atoms with Gasteiger partial charge in [0.25, 0.3) is 5.91 Å². The molecule has 144 valence electrons. The molecule has 0 fully saturated rings. The van der Waals surface area contributed by atoms with Crippen molar-refractivity contribution >= 4 is 27.3 Å². The van der Waals surface area contributed by atoms with Crippen LogP contribution in [0.4, 0.5) is 11.4 Å². The van der Waals surface area contributed by atoms with Gasteiger partial charge in [0.05, 0.1) is 18.6 Å². The van der Waals surface area contributed by atoms with Gasteiger partial charge >= 0.3 is 0 Å². The van der Waals surface area contributed by atoms with Gasteiger partial charge in [-0.3, -0.25) is 9.10 Å². The van der Waals surface area contributed by atoms with Crippen LogP contribution in [0.3, 0.4) is 0 Å². The molecule has 1 heterocycles. The van der Waals surface area contributed by atoms with Crippen molar-refractivity contribution in [2.45, 2.75) is 19.4 Å². The molecule has 0 aliphatic carbocycles. The summed E-state index contributed by atoms with van der Waals surface area (Å²) < 4.78 is 36.7. The van der Waals surface area contributed by atoms with Crippen LogP contribution in [0.15, 0.2) is 48.5 Å². The third-order valence-corrected chi connectivity index (χ3v) is 5.30. The van der Waals surface area contributed by atoms with Crippen molar-refractivity contribution in [3.05, 3.63) is 48.5 Å². The fraction of sp³-hybridized carbons (Fsp3) is 0.316. The standard InChI is InChI=1S/C19H22N2O5S/c1-3-25-15-10-8-14(9-11-15)20-19(22)18-12-13-21(27(2,23)24)16-6-4-5-7-17(16)26-18/h4-11,18H,3,12-13H2,1-2H3,(H,20,22). The lowest BCUT2D eigenvalue weighted by Gasteiger charge is -2.20. The monoisotopic (exact) mass is 390 g/mol. The second kappa shape index (κ2) is 7.87. The highest BCUT2D eigenvalue weighted by molar-refractivity contribution is 7.92. The fourth-order valence-electron chi connectivity index (χ4n) is 2.88. The van der Waals surface area contributed by atoms with Gasteiger partial charge in [0.2, 0.25) is 10.0 Å². The van der Waals surface area contributed by atoms with Gasteiger partial charge in [-0.25, -0.2) is 8.42 Å². The number of ether oxygens (including phenoxy) is 2. The molecule has 1 N–H and O–H groups in total. The number of sulfonamides is 1. The molecule has 0 radical (unpaired) electrons. The fourth-order valence-corrected chi connectivity index (χ4v) is 3.83. The highest BCUT2D eigenvalue weighted by atomic mass is 32.2. The number of anilines is 2. The Kier molecular flexibility index (Phi) is 5.55. The largest absolute Gasteiger partial charge is 0.494 e. The zero-order valence-electron chi connectivity index (χ0n) is 15.2. The van der Waals surface area contributed by atoms with E-state index in [4.69, 9.17) is 9.47 Å². The van der Waals surface area contributed by atoms with Crippen molar-refractivity contribution in [1.29, 1.82) is 0 Å². The maximum Gasteiger partial charge on any atom is 0.265 e. The molecule has 0 spiro atoms. The third-order valence-electron chi connectivity index (χ3n) is 4.12. The van der Waals surface area contributed by atoms with Crippen LogP contribution in [0.2, 0.25) is 0 Å². The highest BCUT2D eigenvalue weighted by Gasteiger charge is 2.31. The Hall–Kier alpha value is -2.74. The summed E-state index contributed by atoms with van der Waals surface area (Å²) in [6.45, 7) is 2.63. The molecule has 0 aromatic heterocycles. The molecule has 0 saturated carbocycles. The Labute approximate surface area is 158 Å². The summed E-state index contributed by atoms with van der Waals surface area (Å²) in [5, 5.41) is 2.81. The zero-order valence-corrected chi connectivity index (χ0v) is 16.0. The number of amides is 1. The molecule has 3 rings (SSSR count). The SMILES string of the molecule is CCOc1ccc(NC(=O)C2CCN(S(C)(=O)=O)c3ccccc3O2)cc1. The van der Waals surface area contributed by atoms with Crippen LogP contribution in [-0.2, 0) is 14.8 Å². The number of para-hydroxylation sites is 2. The first-order valence-corrected chi connectivity index (χ1v) is 10.5. The second-order valence-corrected chi connectivity index (χ2v) is 8.05. The Bertz CT molecular complexity index is 912. The molecule has 1 unspecified atom stereocenters. The second-order valence-electron chi connectivity index (χ2n) is 6.14. The van der Waals surface area contributed by atoms with Gasteiger partial charge in [-0.1, -0.05) is 12.1 Å². The van der Waals surface area contributed by atoms with E-state index in [2.05, 4.69) is 5.32 Å². The molecule has 27 heavy (non-hydrogen) atoms. The van der Waals surface area contributed by atoms with Crippen LogP contribution in [-0.4, -0.2) is 39.8 Å². The lowest BCUT2D eigenvalue weighted by atomic mass is 10.2. The highest BCUT2D eigenvalue weighted by Crippen LogP contribution is 2.34. The first-order chi connectivity index (χ1) is 12.9. The molecule has 1 aliphatic heterocycles. The minimum absolute atomic E-state index is 0.164. The minimum atomic E-state index is -3.47. The molecule has 2 aromatic rings. The van der Waals surface area contributed by atoms with Crippen molar-refractivity contribution in [2.75, 3.05) is 29.0 Å². The van der Waals surface area contributed by atoms with Crippen LogP contribution in [0, 0.1) is 0 Å². The van der Waals surface area contributed by atoms with Crippen LogP contribution < -0.4 is 19.1 Å². The van der Waals surface area contributed by atoms with Crippen LogP contribution in [0.25, 0.3) is 0 Å². The lowest BCUT2D eigenvalue weighted by molar-refractivity contribution is -0.122. The van der Waals surface area contributed by atoms with Gasteiger partial charge < -0.3 is 14.8 Å². The van der Waals surface area contributed by atoms with E-state index in [0.29, 0.717) is 23.7 Å². The van der Waals surface area contributed by atoms with Crippen molar-refractivity contribution in [3.8, 4) is 11.5 Å². The molecule has 7 nitrogen and oxygen atoms in total. The first kappa shape index (κ1) is 19.0. The number of nitrogens with zero attached hydrogens (tertiary/aromatic N) is 1. The molecular formula is C19H22N2O5S. The van der Waals surface area contributed by atoms with Gasteiger partial charge in [-0.15, -0.1) is 0 Å². The minimum Gasteiger partial charge on any atom is -0.494 e.